The van der Waals surface area contributed by atoms with E-state index >= 15 is 0 Å². The molecule has 5 heteroatoms. The Balaban J connectivity index is 2.24. The zero-order chi connectivity index (χ0) is 15.0. The van der Waals surface area contributed by atoms with Gasteiger partial charge in [0.2, 0.25) is 5.88 Å². The summed E-state index contributed by atoms with van der Waals surface area (Å²) in [6.07, 6.45) is 0. The number of aromatic nitrogens is 1. The lowest BCUT2D eigenvalue weighted by Crippen LogP contribution is -1.90. The molecule has 0 saturated carbocycles. The van der Waals surface area contributed by atoms with Crippen LogP contribution in [0.25, 0.3) is 22.4 Å². The lowest BCUT2D eigenvalue weighted by Gasteiger charge is -2.06. The summed E-state index contributed by atoms with van der Waals surface area (Å²) in [5.74, 6) is -0.161. The summed E-state index contributed by atoms with van der Waals surface area (Å²) in [4.78, 5) is 0. The largest absolute Gasteiger partial charge is 0.367 e. The van der Waals surface area contributed by atoms with Crippen molar-refractivity contribution in [2.24, 2.45) is 0 Å². The molecule has 3 aromatic rings. The second-order valence-corrected chi connectivity index (χ2v) is 5.62. The third-order valence-electron chi connectivity index (χ3n) is 3.21. The first-order valence-corrected chi connectivity index (χ1v) is 7.13. The Hall–Kier alpha value is -2.14. The first-order valence-electron chi connectivity index (χ1n) is 6.34. The van der Waals surface area contributed by atoms with Crippen LogP contribution in [0.5, 0.6) is 0 Å². The van der Waals surface area contributed by atoms with E-state index in [1.165, 1.54) is 12.1 Å². The Bertz CT molecular complexity index is 814. The number of aryl methyl sites for hydroxylation is 1. The maximum atomic E-state index is 13.5. The molecule has 2 N–H and O–H groups in total. The minimum atomic E-state index is -0.331. The van der Waals surface area contributed by atoms with Gasteiger partial charge in [-0.05, 0) is 36.8 Å². The van der Waals surface area contributed by atoms with Crippen LogP contribution in [-0.4, -0.2) is 5.16 Å². The van der Waals surface area contributed by atoms with Gasteiger partial charge < -0.3 is 10.3 Å². The number of anilines is 1. The van der Waals surface area contributed by atoms with Crippen molar-refractivity contribution in [3.05, 3.63) is 58.3 Å². The number of halogens is 2. The monoisotopic (exact) mass is 346 g/mol. The van der Waals surface area contributed by atoms with E-state index in [2.05, 4.69) is 21.1 Å². The molecule has 106 valence electrons. The lowest BCUT2D eigenvalue weighted by molar-refractivity contribution is 0.439. The van der Waals surface area contributed by atoms with Crippen molar-refractivity contribution >= 4 is 21.8 Å². The molecule has 0 aliphatic rings. The smallest absolute Gasteiger partial charge is 0.230 e. The highest BCUT2D eigenvalue weighted by molar-refractivity contribution is 9.10. The molecule has 2 aromatic carbocycles. The van der Waals surface area contributed by atoms with E-state index < -0.39 is 0 Å². The fourth-order valence-corrected chi connectivity index (χ4v) is 2.66. The van der Waals surface area contributed by atoms with E-state index in [9.17, 15) is 4.39 Å². The molecule has 0 aliphatic heterocycles. The van der Waals surface area contributed by atoms with Crippen LogP contribution in [0.3, 0.4) is 0 Å². The Labute approximate surface area is 129 Å². The van der Waals surface area contributed by atoms with Crippen molar-refractivity contribution in [3.8, 4) is 22.4 Å². The Morgan fingerprint density at radius 3 is 2.76 bits per heavy atom. The summed E-state index contributed by atoms with van der Waals surface area (Å²) in [6.45, 7) is 1.99. The number of nitrogens with zero attached hydrogens (tertiary/aromatic N) is 1. The van der Waals surface area contributed by atoms with Crippen LogP contribution in [0.1, 0.15) is 5.56 Å². The predicted molar refractivity (Wildman–Crippen MR) is 84.2 cm³/mol. The number of hydrogen-bond acceptors (Lipinski definition) is 3. The van der Waals surface area contributed by atoms with Crippen molar-refractivity contribution in [3.63, 3.8) is 0 Å². The molecular formula is C16H12BrFN2O. The number of benzene rings is 2. The molecule has 3 rings (SSSR count). The van der Waals surface area contributed by atoms with Crippen LogP contribution in [0.2, 0.25) is 0 Å². The molecule has 1 heterocycles. The first kappa shape index (κ1) is 13.8. The van der Waals surface area contributed by atoms with Gasteiger partial charge in [-0.15, -0.1) is 0 Å². The van der Waals surface area contributed by atoms with Gasteiger partial charge in [-0.2, -0.15) is 0 Å². The third kappa shape index (κ3) is 2.56. The molecule has 0 bridgehead atoms. The minimum Gasteiger partial charge on any atom is -0.367 e. The van der Waals surface area contributed by atoms with Crippen LogP contribution in [0.4, 0.5) is 10.3 Å². The summed E-state index contributed by atoms with van der Waals surface area (Å²) in [5.41, 5.74) is 9.65. The number of nitrogen functional groups attached to an aromatic ring is 1. The van der Waals surface area contributed by atoms with Gasteiger partial charge >= 0.3 is 0 Å². The summed E-state index contributed by atoms with van der Waals surface area (Å²) < 4.78 is 19.5. The quantitative estimate of drug-likeness (QED) is 0.724. The maximum Gasteiger partial charge on any atom is 0.230 e. The van der Waals surface area contributed by atoms with Crippen molar-refractivity contribution in [2.75, 3.05) is 5.73 Å². The second kappa shape index (κ2) is 5.33. The number of hydrogen-bond donors (Lipinski definition) is 1. The Morgan fingerprint density at radius 2 is 2.00 bits per heavy atom. The topological polar surface area (TPSA) is 52.0 Å². The molecule has 3 nitrogen and oxygen atoms in total. The van der Waals surface area contributed by atoms with Crippen molar-refractivity contribution in [2.45, 2.75) is 6.92 Å². The molecular weight excluding hydrogens is 335 g/mol. The fourth-order valence-electron chi connectivity index (χ4n) is 2.23. The van der Waals surface area contributed by atoms with Crippen molar-refractivity contribution in [1.29, 1.82) is 0 Å². The highest BCUT2D eigenvalue weighted by atomic mass is 79.9. The van der Waals surface area contributed by atoms with Crippen LogP contribution in [-0.2, 0) is 0 Å². The molecule has 0 fully saturated rings. The molecule has 0 aliphatic carbocycles. The van der Waals surface area contributed by atoms with Gasteiger partial charge in [0.25, 0.3) is 0 Å². The van der Waals surface area contributed by atoms with Gasteiger partial charge in [0.05, 0.1) is 5.56 Å². The molecule has 0 unspecified atom stereocenters. The summed E-state index contributed by atoms with van der Waals surface area (Å²) in [7, 11) is 0. The molecule has 21 heavy (non-hydrogen) atoms. The standard InChI is InChI=1S/C16H12BrFN2O/c1-9-5-6-13(17)12(7-9)15-14(16(19)21-20-15)10-3-2-4-11(18)8-10/h2-8H,19H2,1H3. The van der Waals surface area contributed by atoms with Crippen LogP contribution >= 0.6 is 15.9 Å². The minimum absolute atomic E-state index is 0.170. The second-order valence-electron chi connectivity index (χ2n) is 4.76. The normalized spacial score (nSPS) is 10.8. The van der Waals surface area contributed by atoms with E-state index in [1.54, 1.807) is 12.1 Å². The third-order valence-corrected chi connectivity index (χ3v) is 3.90. The van der Waals surface area contributed by atoms with Crippen molar-refractivity contribution < 1.29 is 8.91 Å². The average Bonchev–Trinajstić information content (AvgIpc) is 2.83. The lowest BCUT2D eigenvalue weighted by atomic mass is 10.00. The zero-order valence-electron chi connectivity index (χ0n) is 11.2. The van der Waals surface area contributed by atoms with Gasteiger partial charge in [-0.1, -0.05) is 44.8 Å². The van der Waals surface area contributed by atoms with E-state index in [0.29, 0.717) is 16.8 Å². The molecule has 0 atom stereocenters. The Kier molecular flexibility index (Phi) is 3.51. The number of rotatable bonds is 2. The molecule has 0 saturated heterocycles. The van der Waals surface area contributed by atoms with Crippen molar-refractivity contribution in [1.82, 2.24) is 5.16 Å². The van der Waals surface area contributed by atoms with E-state index in [-0.39, 0.29) is 11.7 Å². The summed E-state index contributed by atoms with van der Waals surface area (Å²) >= 11 is 3.50. The number of nitrogens with two attached hydrogens (primary N) is 1. The fraction of sp³-hybridized carbons (Fsp3) is 0.0625. The Morgan fingerprint density at radius 1 is 1.19 bits per heavy atom. The van der Waals surface area contributed by atoms with Gasteiger partial charge in [-0.25, -0.2) is 4.39 Å². The summed E-state index contributed by atoms with van der Waals surface area (Å²) in [5, 5.41) is 4.04. The average molecular weight is 347 g/mol. The molecule has 0 radical (unpaired) electrons. The van der Waals surface area contributed by atoms with Crippen LogP contribution < -0.4 is 5.73 Å². The zero-order valence-corrected chi connectivity index (χ0v) is 12.8. The SMILES string of the molecule is Cc1ccc(Br)c(-c2noc(N)c2-c2cccc(F)c2)c1. The molecule has 1 aromatic heterocycles. The predicted octanol–water partition coefficient (Wildman–Crippen LogP) is 4.80. The van der Waals surface area contributed by atoms with Gasteiger partial charge in [0.1, 0.15) is 11.5 Å². The molecule has 0 amide bonds. The highest BCUT2D eigenvalue weighted by Gasteiger charge is 2.19. The summed E-state index contributed by atoms with van der Waals surface area (Å²) in [6, 6.07) is 12.1. The van der Waals surface area contributed by atoms with Gasteiger partial charge in [-0.3, -0.25) is 0 Å². The highest BCUT2D eigenvalue weighted by Crippen LogP contribution is 2.39. The van der Waals surface area contributed by atoms with Gasteiger partial charge in [0.15, 0.2) is 0 Å². The van der Waals surface area contributed by atoms with E-state index in [4.69, 9.17) is 10.3 Å². The van der Waals surface area contributed by atoms with Crippen LogP contribution in [0.15, 0.2) is 51.5 Å². The maximum absolute atomic E-state index is 13.5. The molecule has 0 spiro atoms. The van der Waals surface area contributed by atoms with E-state index in [1.807, 2.05) is 25.1 Å². The van der Waals surface area contributed by atoms with E-state index in [0.717, 1.165) is 15.6 Å². The van der Waals surface area contributed by atoms with Crippen LogP contribution in [0, 0.1) is 12.7 Å². The van der Waals surface area contributed by atoms with Gasteiger partial charge in [0, 0.05) is 10.0 Å². The first-order chi connectivity index (χ1) is 10.1.